The maximum atomic E-state index is 14.1. The van der Waals surface area contributed by atoms with Crippen LogP contribution in [0.25, 0.3) is 0 Å². The first-order valence-corrected chi connectivity index (χ1v) is 9.35. The molecule has 1 aliphatic heterocycles. The topological polar surface area (TPSA) is 60.8 Å². The van der Waals surface area contributed by atoms with Crippen molar-refractivity contribution in [3.05, 3.63) is 62.9 Å². The Balaban J connectivity index is 2.09. The number of carbonyl (C=O) groups excluding carboxylic acids is 1. The lowest BCUT2D eigenvalue weighted by molar-refractivity contribution is -0.277. The van der Waals surface area contributed by atoms with Gasteiger partial charge >= 0.3 is 18.3 Å². The second-order valence-corrected chi connectivity index (χ2v) is 7.52. The van der Waals surface area contributed by atoms with Gasteiger partial charge in [0.1, 0.15) is 5.69 Å². The van der Waals surface area contributed by atoms with Crippen molar-refractivity contribution in [1.82, 2.24) is 4.98 Å². The van der Waals surface area contributed by atoms with Crippen LogP contribution in [0.15, 0.2) is 29.4 Å². The van der Waals surface area contributed by atoms with E-state index < -0.39 is 46.8 Å². The molecule has 0 bridgehead atoms. The normalized spacial score (nSPS) is 18.9. The highest BCUT2D eigenvalue weighted by molar-refractivity contribution is 6.30. The zero-order chi connectivity index (χ0) is 24.1. The van der Waals surface area contributed by atoms with Crippen molar-refractivity contribution in [2.75, 3.05) is 7.11 Å². The molecule has 32 heavy (non-hydrogen) atoms. The number of esters is 1. The Morgan fingerprint density at radius 3 is 2.34 bits per heavy atom. The number of benzene rings is 1. The second-order valence-electron chi connectivity index (χ2n) is 7.09. The van der Waals surface area contributed by atoms with Crippen LogP contribution in [0.2, 0.25) is 5.02 Å². The molecule has 3 rings (SSSR count). The van der Waals surface area contributed by atoms with Crippen molar-refractivity contribution in [3.8, 4) is 0 Å². The molecule has 0 saturated heterocycles. The minimum atomic E-state index is -5.17. The Morgan fingerprint density at radius 1 is 1.12 bits per heavy atom. The van der Waals surface area contributed by atoms with Crippen LogP contribution in [0.3, 0.4) is 0 Å². The highest BCUT2D eigenvalue weighted by atomic mass is 35.5. The Labute approximate surface area is 183 Å². The standard InChI is InChI=1S/C20H15ClF6N2O3/c1-9-10(2)13(17(30)31-3)5-4-12(9)14-8-18(32-29-14,20(25,26)27)15-6-11(21)7-16(28-15)19(22,23)24/h4-7H,8H2,1-3H3. The van der Waals surface area contributed by atoms with Crippen molar-refractivity contribution < 1.29 is 40.7 Å². The number of carbonyl (C=O) groups is 1. The van der Waals surface area contributed by atoms with Crippen LogP contribution in [0, 0.1) is 13.8 Å². The van der Waals surface area contributed by atoms with Gasteiger partial charge in [-0.3, -0.25) is 0 Å². The van der Waals surface area contributed by atoms with E-state index in [1.54, 1.807) is 13.8 Å². The number of aromatic nitrogens is 1. The number of hydrogen-bond acceptors (Lipinski definition) is 5. The first kappa shape index (κ1) is 23.8. The molecule has 0 fully saturated rings. The molecular weight excluding hydrogens is 466 g/mol. The highest BCUT2D eigenvalue weighted by Gasteiger charge is 2.64. The van der Waals surface area contributed by atoms with Crippen molar-refractivity contribution in [2.24, 2.45) is 5.16 Å². The highest BCUT2D eigenvalue weighted by Crippen LogP contribution is 2.49. The maximum absolute atomic E-state index is 14.1. The third kappa shape index (κ3) is 4.01. The van der Waals surface area contributed by atoms with Gasteiger partial charge in [0.05, 0.1) is 30.5 Å². The van der Waals surface area contributed by atoms with E-state index in [4.69, 9.17) is 16.4 Å². The van der Waals surface area contributed by atoms with Crippen LogP contribution in [0.5, 0.6) is 0 Å². The molecule has 12 heteroatoms. The molecule has 2 heterocycles. The fraction of sp³-hybridized carbons (Fsp3) is 0.350. The lowest BCUT2D eigenvalue weighted by Crippen LogP contribution is -2.43. The Kier molecular flexibility index (Phi) is 5.92. The summed E-state index contributed by atoms with van der Waals surface area (Å²) < 4.78 is 86.4. The molecule has 0 saturated carbocycles. The minimum absolute atomic E-state index is 0.172. The van der Waals surface area contributed by atoms with Gasteiger partial charge in [0.15, 0.2) is 0 Å². The van der Waals surface area contributed by atoms with Crippen molar-refractivity contribution >= 4 is 23.3 Å². The number of methoxy groups -OCH3 is 1. The number of halogens is 7. The largest absolute Gasteiger partial charge is 0.465 e. The first-order valence-electron chi connectivity index (χ1n) is 8.97. The Hall–Kier alpha value is -2.82. The van der Waals surface area contributed by atoms with E-state index in [0.29, 0.717) is 23.3 Å². The van der Waals surface area contributed by atoms with E-state index >= 15 is 0 Å². The van der Waals surface area contributed by atoms with Crippen molar-refractivity contribution in [2.45, 2.75) is 38.2 Å². The molecular formula is C20H15ClF6N2O3. The quantitative estimate of drug-likeness (QED) is 0.415. The predicted octanol–water partition coefficient (Wildman–Crippen LogP) is 5.74. The summed E-state index contributed by atoms with van der Waals surface area (Å²) in [5.41, 5.74) is -4.77. The summed E-state index contributed by atoms with van der Waals surface area (Å²) in [6, 6.07) is 3.82. The van der Waals surface area contributed by atoms with E-state index in [9.17, 15) is 31.1 Å². The molecule has 0 spiro atoms. The molecule has 1 atom stereocenters. The zero-order valence-electron chi connectivity index (χ0n) is 16.8. The van der Waals surface area contributed by atoms with Gasteiger partial charge in [-0.05, 0) is 43.2 Å². The summed E-state index contributed by atoms with van der Waals surface area (Å²) in [6.45, 7) is 3.14. The molecule has 0 amide bonds. The van der Waals surface area contributed by atoms with E-state index in [-0.39, 0.29) is 16.8 Å². The van der Waals surface area contributed by atoms with E-state index in [1.807, 2.05) is 0 Å². The number of nitrogens with zero attached hydrogens (tertiary/aromatic N) is 2. The smallest absolute Gasteiger partial charge is 0.437 e. The van der Waals surface area contributed by atoms with Gasteiger partial charge in [-0.25, -0.2) is 9.78 Å². The van der Waals surface area contributed by atoms with E-state index in [2.05, 4.69) is 14.9 Å². The van der Waals surface area contributed by atoms with Gasteiger partial charge in [-0.15, -0.1) is 0 Å². The molecule has 0 aliphatic carbocycles. The van der Waals surface area contributed by atoms with Gasteiger partial charge in [-0.1, -0.05) is 22.8 Å². The van der Waals surface area contributed by atoms with Gasteiger partial charge < -0.3 is 9.57 Å². The number of alkyl halides is 6. The molecule has 1 aromatic heterocycles. The predicted molar refractivity (Wildman–Crippen MR) is 101 cm³/mol. The molecule has 1 unspecified atom stereocenters. The number of ether oxygens (including phenoxy) is 1. The maximum Gasteiger partial charge on any atom is 0.437 e. The van der Waals surface area contributed by atoms with Gasteiger partial charge in [0.2, 0.25) is 0 Å². The fourth-order valence-electron chi connectivity index (χ4n) is 3.33. The number of oxime groups is 1. The molecule has 0 radical (unpaired) electrons. The summed E-state index contributed by atoms with van der Waals surface area (Å²) in [5.74, 6) is -0.630. The van der Waals surface area contributed by atoms with Gasteiger partial charge in [0, 0.05) is 10.6 Å². The monoisotopic (exact) mass is 480 g/mol. The van der Waals surface area contributed by atoms with Crippen LogP contribution < -0.4 is 0 Å². The van der Waals surface area contributed by atoms with E-state index in [0.717, 1.165) is 0 Å². The summed E-state index contributed by atoms with van der Waals surface area (Å²) in [5, 5.41) is 2.95. The average molecular weight is 481 g/mol. The molecule has 2 aromatic rings. The molecule has 5 nitrogen and oxygen atoms in total. The molecule has 0 N–H and O–H groups in total. The first-order chi connectivity index (χ1) is 14.7. The Bertz CT molecular complexity index is 1110. The van der Waals surface area contributed by atoms with Crippen LogP contribution in [0.1, 0.15) is 44.9 Å². The molecule has 1 aliphatic rings. The summed E-state index contributed by atoms with van der Waals surface area (Å²) in [4.78, 5) is 19.8. The zero-order valence-corrected chi connectivity index (χ0v) is 17.5. The third-order valence-electron chi connectivity index (χ3n) is 5.18. The lowest BCUT2D eigenvalue weighted by atomic mass is 9.87. The number of hydrogen-bond donors (Lipinski definition) is 0. The fourth-order valence-corrected chi connectivity index (χ4v) is 3.53. The lowest BCUT2D eigenvalue weighted by Gasteiger charge is -2.29. The molecule has 172 valence electrons. The molecule has 1 aromatic carbocycles. The van der Waals surface area contributed by atoms with Gasteiger partial charge in [0.25, 0.3) is 5.60 Å². The summed E-state index contributed by atoms with van der Waals surface area (Å²) in [7, 11) is 1.19. The SMILES string of the molecule is COC(=O)c1ccc(C2=NOC(c3cc(Cl)cc(C(F)(F)F)n3)(C(F)(F)F)C2)c(C)c1C. The number of pyridine rings is 1. The van der Waals surface area contributed by atoms with Crippen LogP contribution in [0.4, 0.5) is 26.3 Å². The van der Waals surface area contributed by atoms with Crippen LogP contribution in [-0.4, -0.2) is 30.0 Å². The summed E-state index contributed by atoms with van der Waals surface area (Å²) in [6.07, 6.45) is -11.1. The van der Waals surface area contributed by atoms with E-state index in [1.165, 1.54) is 19.2 Å². The van der Waals surface area contributed by atoms with Crippen LogP contribution >= 0.6 is 11.6 Å². The van der Waals surface area contributed by atoms with Gasteiger partial charge in [-0.2, -0.15) is 26.3 Å². The third-order valence-corrected chi connectivity index (χ3v) is 5.40. The summed E-state index contributed by atoms with van der Waals surface area (Å²) >= 11 is 5.66. The van der Waals surface area contributed by atoms with Crippen molar-refractivity contribution in [3.63, 3.8) is 0 Å². The average Bonchev–Trinajstić information content (AvgIpc) is 3.15. The minimum Gasteiger partial charge on any atom is -0.465 e. The number of rotatable bonds is 3. The van der Waals surface area contributed by atoms with Crippen LogP contribution in [-0.2, 0) is 21.4 Å². The van der Waals surface area contributed by atoms with Crippen molar-refractivity contribution in [1.29, 1.82) is 0 Å². The Morgan fingerprint density at radius 2 is 1.78 bits per heavy atom. The second kappa shape index (κ2) is 7.95.